The first-order valence-electron chi connectivity index (χ1n) is 10.1. The average Bonchev–Trinajstić information content (AvgIpc) is 2.98. The normalized spacial score (nSPS) is 16.4. The first kappa shape index (κ1) is 19.9. The Labute approximate surface area is 175 Å². The molecule has 6 heteroatoms. The van der Waals surface area contributed by atoms with Crippen molar-refractivity contribution >= 4 is 34.7 Å². The molecule has 1 aromatic carbocycles. The van der Waals surface area contributed by atoms with E-state index in [4.69, 9.17) is 4.42 Å². The molecule has 0 bridgehead atoms. The maximum atomic E-state index is 12.6. The minimum atomic E-state index is -0.119. The number of benzene rings is 1. The van der Waals surface area contributed by atoms with Crippen LogP contribution in [0.25, 0.3) is 17.0 Å². The van der Waals surface area contributed by atoms with Gasteiger partial charge >= 0.3 is 0 Å². The quantitative estimate of drug-likeness (QED) is 0.644. The molecular formula is C24H25N3O3. The zero-order chi connectivity index (χ0) is 21.3. The van der Waals surface area contributed by atoms with Crippen LogP contribution in [0.15, 0.2) is 47.0 Å². The fraction of sp³-hybridized carbons (Fsp3) is 0.292. The Bertz CT molecular complexity index is 1150. The molecule has 154 valence electrons. The maximum Gasteiger partial charge on any atom is 0.246 e. The highest BCUT2D eigenvalue weighted by Crippen LogP contribution is 2.30. The lowest BCUT2D eigenvalue weighted by Crippen LogP contribution is -2.24. The summed E-state index contributed by atoms with van der Waals surface area (Å²) in [5.74, 6) is 1.51. The molecule has 1 aliphatic rings. The molecule has 3 heterocycles. The number of para-hydroxylation sites is 1. The number of anilines is 1. The molecule has 1 aliphatic heterocycles. The number of nitrogens with one attached hydrogen (secondary N) is 1. The van der Waals surface area contributed by atoms with Crippen LogP contribution in [0.3, 0.4) is 0 Å². The van der Waals surface area contributed by atoms with E-state index < -0.39 is 0 Å². The molecule has 0 aliphatic carbocycles. The Hall–Kier alpha value is -3.41. The first-order chi connectivity index (χ1) is 14.4. The van der Waals surface area contributed by atoms with Gasteiger partial charge in [-0.2, -0.15) is 0 Å². The summed E-state index contributed by atoms with van der Waals surface area (Å²) in [4.78, 5) is 30.4. The highest BCUT2D eigenvalue weighted by Gasteiger charge is 2.20. The van der Waals surface area contributed by atoms with Crippen LogP contribution in [0.4, 0.5) is 5.82 Å². The Morgan fingerprint density at radius 1 is 1.37 bits per heavy atom. The number of carbonyl (C=O) groups excluding carboxylic acids is 2. The zero-order valence-electron chi connectivity index (χ0n) is 17.4. The monoisotopic (exact) mass is 403 g/mol. The Kier molecular flexibility index (Phi) is 5.40. The predicted octanol–water partition coefficient (Wildman–Crippen LogP) is 4.64. The molecule has 4 rings (SSSR count). The second-order valence-corrected chi connectivity index (χ2v) is 7.87. The lowest BCUT2D eigenvalue weighted by Gasteiger charge is -2.14. The van der Waals surface area contributed by atoms with E-state index in [1.165, 1.54) is 0 Å². The Morgan fingerprint density at radius 2 is 2.17 bits per heavy atom. The molecular weight excluding hydrogens is 378 g/mol. The number of carbonyl (C=O) groups is 2. The van der Waals surface area contributed by atoms with Crippen molar-refractivity contribution in [3.05, 3.63) is 65.1 Å². The van der Waals surface area contributed by atoms with Crippen molar-refractivity contribution in [3.63, 3.8) is 0 Å². The molecule has 0 saturated heterocycles. The standard InChI is InChI=1S/C24H25N3O3/c1-15-8-10-22(28)26-24-19(15)12-17(13-25-24)9-11-23(29)27(3)14-21-16(2)18-6-4-5-7-20(18)30-21/h4-7,9,11-13,15H,8,10,14H2,1-3H3,(H,25,26,28)/b11-9+. The Morgan fingerprint density at radius 3 is 2.97 bits per heavy atom. The Balaban J connectivity index is 1.48. The van der Waals surface area contributed by atoms with Crippen LogP contribution in [-0.4, -0.2) is 28.7 Å². The number of nitrogens with zero attached hydrogens (tertiary/aromatic N) is 2. The summed E-state index contributed by atoms with van der Waals surface area (Å²) in [6.45, 7) is 4.49. The SMILES string of the molecule is Cc1c(CN(C)C(=O)/C=C/c2cnc3c(c2)C(C)CCC(=O)N3)oc2ccccc12. The van der Waals surface area contributed by atoms with Crippen molar-refractivity contribution in [2.24, 2.45) is 0 Å². The molecule has 30 heavy (non-hydrogen) atoms. The molecule has 3 aromatic rings. The third-order valence-corrected chi connectivity index (χ3v) is 5.65. The molecule has 6 nitrogen and oxygen atoms in total. The number of fused-ring (bicyclic) bond motifs is 2. The van der Waals surface area contributed by atoms with E-state index in [0.717, 1.165) is 39.8 Å². The number of hydrogen-bond donors (Lipinski definition) is 1. The van der Waals surface area contributed by atoms with Gasteiger partial charge in [-0.25, -0.2) is 4.98 Å². The topological polar surface area (TPSA) is 75.4 Å². The fourth-order valence-electron chi connectivity index (χ4n) is 3.73. The van der Waals surface area contributed by atoms with Crippen LogP contribution in [0.2, 0.25) is 0 Å². The van der Waals surface area contributed by atoms with Gasteiger partial charge in [0.2, 0.25) is 11.8 Å². The third kappa shape index (κ3) is 3.99. The summed E-state index contributed by atoms with van der Waals surface area (Å²) in [5, 5.41) is 3.92. The van der Waals surface area contributed by atoms with Crippen LogP contribution >= 0.6 is 0 Å². The van der Waals surface area contributed by atoms with E-state index in [1.54, 1.807) is 30.3 Å². The summed E-state index contributed by atoms with van der Waals surface area (Å²) in [6, 6.07) is 9.86. The van der Waals surface area contributed by atoms with E-state index in [-0.39, 0.29) is 17.7 Å². The van der Waals surface area contributed by atoms with Crippen molar-refractivity contribution in [2.45, 2.75) is 39.2 Å². The second-order valence-electron chi connectivity index (χ2n) is 7.87. The van der Waals surface area contributed by atoms with Crippen LogP contribution in [0.1, 0.15) is 48.1 Å². The molecule has 1 unspecified atom stereocenters. The van der Waals surface area contributed by atoms with Crippen LogP contribution in [0, 0.1) is 6.92 Å². The number of hydrogen-bond acceptors (Lipinski definition) is 4. The minimum absolute atomic E-state index is 0.00549. The second kappa shape index (κ2) is 8.14. The maximum absolute atomic E-state index is 12.6. The van der Waals surface area contributed by atoms with Crippen molar-refractivity contribution < 1.29 is 14.0 Å². The fourth-order valence-corrected chi connectivity index (χ4v) is 3.73. The van der Waals surface area contributed by atoms with E-state index in [2.05, 4.69) is 17.2 Å². The minimum Gasteiger partial charge on any atom is -0.459 e. The van der Waals surface area contributed by atoms with Gasteiger partial charge in [-0.3, -0.25) is 9.59 Å². The number of amides is 2. The number of rotatable bonds is 4. The van der Waals surface area contributed by atoms with E-state index >= 15 is 0 Å². The summed E-state index contributed by atoms with van der Waals surface area (Å²) in [7, 11) is 1.76. The van der Waals surface area contributed by atoms with Crippen LogP contribution in [-0.2, 0) is 16.1 Å². The summed E-state index contributed by atoms with van der Waals surface area (Å²) < 4.78 is 5.91. The van der Waals surface area contributed by atoms with E-state index in [9.17, 15) is 9.59 Å². The largest absolute Gasteiger partial charge is 0.459 e. The highest BCUT2D eigenvalue weighted by molar-refractivity contribution is 5.93. The number of aryl methyl sites for hydroxylation is 1. The van der Waals surface area contributed by atoms with Crippen molar-refractivity contribution in [1.29, 1.82) is 0 Å². The molecule has 0 saturated carbocycles. The predicted molar refractivity (Wildman–Crippen MR) is 117 cm³/mol. The van der Waals surface area contributed by atoms with Crippen molar-refractivity contribution in [2.75, 3.05) is 12.4 Å². The van der Waals surface area contributed by atoms with Gasteiger partial charge in [-0.1, -0.05) is 25.1 Å². The average molecular weight is 403 g/mol. The van der Waals surface area contributed by atoms with E-state index in [0.29, 0.717) is 18.8 Å². The lowest BCUT2D eigenvalue weighted by molar-refractivity contribution is -0.125. The van der Waals surface area contributed by atoms with Crippen LogP contribution in [0.5, 0.6) is 0 Å². The molecule has 1 atom stereocenters. The zero-order valence-corrected chi connectivity index (χ0v) is 17.4. The molecule has 0 spiro atoms. The number of pyridine rings is 1. The molecule has 1 N–H and O–H groups in total. The highest BCUT2D eigenvalue weighted by atomic mass is 16.3. The number of aromatic nitrogens is 1. The molecule has 0 radical (unpaired) electrons. The summed E-state index contributed by atoms with van der Waals surface area (Å²) in [6.07, 6.45) is 6.25. The van der Waals surface area contributed by atoms with Gasteiger partial charge in [-0.15, -0.1) is 0 Å². The third-order valence-electron chi connectivity index (χ3n) is 5.65. The molecule has 2 amide bonds. The number of furan rings is 1. The lowest BCUT2D eigenvalue weighted by atomic mass is 9.97. The van der Waals surface area contributed by atoms with Crippen molar-refractivity contribution in [1.82, 2.24) is 9.88 Å². The first-order valence-corrected chi connectivity index (χ1v) is 10.1. The number of likely N-dealkylation sites (N-methyl/N-ethyl adjacent to an activating group) is 1. The van der Waals surface area contributed by atoms with Gasteiger partial charge in [0.25, 0.3) is 0 Å². The van der Waals surface area contributed by atoms with Gasteiger partial charge in [0.05, 0.1) is 6.54 Å². The van der Waals surface area contributed by atoms with E-state index in [1.807, 2.05) is 37.3 Å². The smallest absolute Gasteiger partial charge is 0.246 e. The summed E-state index contributed by atoms with van der Waals surface area (Å²) >= 11 is 0. The molecule has 0 fully saturated rings. The summed E-state index contributed by atoms with van der Waals surface area (Å²) in [5.41, 5.74) is 3.72. The van der Waals surface area contributed by atoms with Gasteiger partial charge < -0.3 is 14.6 Å². The molecule has 2 aromatic heterocycles. The van der Waals surface area contributed by atoms with Crippen molar-refractivity contribution in [3.8, 4) is 0 Å². The van der Waals surface area contributed by atoms with Gasteiger partial charge in [0.1, 0.15) is 17.2 Å². The van der Waals surface area contributed by atoms with Gasteiger partial charge in [-0.05, 0) is 48.6 Å². The van der Waals surface area contributed by atoms with Gasteiger partial charge in [0.15, 0.2) is 0 Å². The van der Waals surface area contributed by atoms with Gasteiger partial charge in [0, 0.05) is 36.7 Å². The van der Waals surface area contributed by atoms with Crippen LogP contribution < -0.4 is 5.32 Å².